The first-order chi connectivity index (χ1) is 12.3. The Labute approximate surface area is 174 Å². The van der Waals surface area contributed by atoms with Crippen LogP contribution in [0.3, 0.4) is 0 Å². The number of likely N-dealkylation sites (tertiary alicyclic amines) is 1. The number of hydrogen-bond acceptors (Lipinski definition) is 5. The molecule has 1 unspecified atom stereocenters. The van der Waals surface area contributed by atoms with Gasteiger partial charge in [0.2, 0.25) is 0 Å². The first kappa shape index (κ1) is 21.8. The highest BCUT2D eigenvalue weighted by Crippen LogP contribution is 2.33. The molecule has 0 bridgehead atoms. The third-order valence-corrected chi connectivity index (χ3v) is 5.25. The van der Waals surface area contributed by atoms with Gasteiger partial charge < -0.3 is 19.9 Å². The predicted molar refractivity (Wildman–Crippen MR) is 107 cm³/mol. The number of nitrogens with two attached hydrogens (primary N) is 1. The van der Waals surface area contributed by atoms with E-state index in [1.807, 2.05) is 0 Å². The largest absolute Gasteiger partial charge is 0.482 e. The molecular formula is C18H22Cl3N3O3. The number of para-hydroxylation sites is 1. The van der Waals surface area contributed by atoms with E-state index in [0.717, 1.165) is 6.42 Å². The molecule has 148 valence electrons. The maximum Gasteiger partial charge on any atom is 0.276 e. The van der Waals surface area contributed by atoms with Gasteiger partial charge in [-0.05, 0) is 24.0 Å². The SMILES string of the molecule is CC1(C)CN(C(=O)c2cc(COc3c(Cl)cccc3Cl)on2)CCC1N.Cl. The number of benzene rings is 1. The molecule has 1 aliphatic rings. The van der Waals surface area contributed by atoms with Crippen LogP contribution in [-0.2, 0) is 6.61 Å². The van der Waals surface area contributed by atoms with Gasteiger partial charge in [0.15, 0.2) is 17.2 Å². The van der Waals surface area contributed by atoms with Crippen LogP contribution in [0.2, 0.25) is 10.0 Å². The van der Waals surface area contributed by atoms with Crippen LogP contribution in [0.1, 0.15) is 36.5 Å². The van der Waals surface area contributed by atoms with Crippen molar-refractivity contribution in [3.05, 3.63) is 45.8 Å². The van der Waals surface area contributed by atoms with Gasteiger partial charge in [-0.3, -0.25) is 4.79 Å². The molecule has 2 aromatic rings. The zero-order chi connectivity index (χ0) is 18.9. The second-order valence-electron chi connectivity index (χ2n) is 7.13. The highest BCUT2D eigenvalue weighted by molar-refractivity contribution is 6.37. The Morgan fingerprint density at radius 1 is 1.41 bits per heavy atom. The maximum atomic E-state index is 12.7. The number of aromatic nitrogens is 1. The lowest BCUT2D eigenvalue weighted by molar-refractivity contribution is 0.0523. The fraction of sp³-hybridized carbons (Fsp3) is 0.444. The number of piperidine rings is 1. The number of amides is 1. The average molecular weight is 435 g/mol. The lowest BCUT2D eigenvalue weighted by atomic mass is 9.79. The van der Waals surface area contributed by atoms with Crippen molar-refractivity contribution < 1.29 is 14.1 Å². The van der Waals surface area contributed by atoms with E-state index in [2.05, 4.69) is 19.0 Å². The first-order valence-corrected chi connectivity index (χ1v) is 9.11. The van der Waals surface area contributed by atoms with E-state index < -0.39 is 0 Å². The molecule has 1 fully saturated rings. The summed E-state index contributed by atoms with van der Waals surface area (Å²) in [5.41, 5.74) is 6.24. The van der Waals surface area contributed by atoms with E-state index in [1.165, 1.54) is 0 Å². The third kappa shape index (κ3) is 4.88. The Bertz CT molecular complexity index is 790. The zero-order valence-electron chi connectivity index (χ0n) is 15.1. The standard InChI is InChI=1S/C18H21Cl2N3O3.ClH/c1-18(2)10-23(7-6-15(18)21)17(24)14-8-11(26-22-14)9-25-16-12(19)4-3-5-13(16)20;/h3-5,8,15H,6-7,9-10,21H2,1-2H3;1H. The molecule has 0 spiro atoms. The second-order valence-corrected chi connectivity index (χ2v) is 7.94. The summed E-state index contributed by atoms with van der Waals surface area (Å²) < 4.78 is 10.8. The quantitative estimate of drug-likeness (QED) is 0.780. The van der Waals surface area contributed by atoms with Crippen molar-refractivity contribution in [3.8, 4) is 5.75 Å². The highest BCUT2D eigenvalue weighted by Gasteiger charge is 2.36. The highest BCUT2D eigenvalue weighted by atomic mass is 35.5. The zero-order valence-corrected chi connectivity index (χ0v) is 17.4. The van der Waals surface area contributed by atoms with Crippen molar-refractivity contribution >= 4 is 41.5 Å². The van der Waals surface area contributed by atoms with E-state index in [1.54, 1.807) is 29.2 Å². The number of ether oxygens (including phenoxy) is 1. The Morgan fingerprint density at radius 2 is 2.07 bits per heavy atom. The van der Waals surface area contributed by atoms with Gasteiger partial charge in [0.25, 0.3) is 5.91 Å². The van der Waals surface area contributed by atoms with Crippen molar-refractivity contribution in [2.45, 2.75) is 32.9 Å². The summed E-state index contributed by atoms with van der Waals surface area (Å²) in [6.45, 7) is 5.39. The Balaban J connectivity index is 0.00000261. The van der Waals surface area contributed by atoms with Crippen molar-refractivity contribution in [3.63, 3.8) is 0 Å². The van der Waals surface area contributed by atoms with Gasteiger partial charge in [0, 0.05) is 25.2 Å². The molecule has 1 amide bonds. The van der Waals surface area contributed by atoms with Crippen LogP contribution in [0.4, 0.5) is 0 Å². The monoisotopic (exact) mass is 433 g/mol. The lowest BCUT2D eigenvalue weighted by Crippen LogP contribution is -2.54. The number of halogens is 3. The predicted octanol–water partition coefficient (Wildman–Crippen LogP) is 4.18. The Hall–Kier alpha value is -1.47. The summed E-state index contributed by atoms with van der Waals surface area (Å²) in [5.74, 6) is 0.611. The summed E-state index contributed by atoms with van der Waals surface area (Å²) in [7, 11) is 0. The molecule has 9 heteroatoms. The van der Waals surface area contributed by atoms with Crippen molar-refractivity contribution in [1.29, 1.82) is 0 Å². The van der Waals surface area contributed by atoms with E-state index in [4.69, 9.17) is 38.2 Å². The minimum absolute atomic E-state index is 0. The lowest BCUT2D eigenvalue weighted by Gasteiger charge is -2.42. The van der Waals surface area contributed by atoms with Gasteiger partial charge in [-0.15, -0.1) is 12.4 Å². The number of carbonyl (C=O) groups excluding carboxylic acids is 1. The van der Waals surface area contributed by atoms with E-state index in [9.17, 15) is 4.79 Å². The summed E-state index contributed by atoms with van der Waals surface area (Å²) in [5, 5.41) is 4.68. The minimum Gasteiger partial charge on any atom is -0.482 e. The minimum atomic E-state index is -0.171. The van der Waals surface area contributed by atoms with Crippen molar-refractivity contribution in [2.75, 3.05) is 13.1 Å². The van der Waals surface area contributed by atoms with Gasteiger partial charge in [0.05, 0.1) is 10.0 Å². The molecule has 0 aliphatic carbocycles. The Morgan fingerprint density at radius 3 is 2.70 bits per heavy atom. The smallest absolute Gasteiger partial charge is 0.276 e. The van der Waals surface area contributed by atoms with Crippen LogP contribution in [0.15, 0.2) is 28.8 Å². The van der Waals surface area contributed by atoms with Crippen molar-refractivity contribution in [2.24, 2.45) is 11.1 Å². The molecule has 0 saturated carbocycles. The van der Waals surface area contributed by atoms with Crippen LogP contribution in [0.5, 0.6) is 5.75 Å². The molecule has 2 N–H and O–H groups in total. The van der Waals surface area contributed by atoms with Gasteiger partial charge in [-0.1, -0.05) is 48.3 Å². The second kappa shape index (κ2) is 8.69. The molecule has 3 rings (SSSR count). The van der Waals surface area contributed by atoms with Crippen LogP contribution >= 0.6 is 35.6 Å². The average Bonchev–Trinajstić information content (AvgIpc) is 3.05. The number of hydrogen-bond donors (Lipinski definition) is 1. The van der Waals surface area contributed by atoms with Crippen molar-refractivity contribution in [1.82, 2.24) is 10.1 Å². The molecule has 1 aromatic carbocycles. The van der Waals surface area contributed by atoms with E-state index in [-0.39, 0.29) is 42.1 Å². The first-order valence-electron chi connectivity index (χ1n) is 8.35. The van der Waals surface area contributed by atoms with Gasteiger partial charge in [-0.25, -0.2) is 0 Å². The fourth-order valence-electron chi connectivity index (χ4n) is 2.95. The molecule has 0 radical (unpaired) electrons. The Kier molecular flexibility index (Phi) is 7.03. The molecule has 2 heterocycles. The van der Waals surface area contributed by atoms with E-state index >= 15 is 0 Å². The number of nitrogens with zero attached hydrogens (tertiary/aromatic N) is 2. The number of carbonyl (C=O) groups is 1. The van der Waals surface area contributed by atoms with Crippen LogP contribution in [-0.4, -0.2) is 35.1 Å². The molecule has 1 aromatic heterocycles. The molecule has 1 saturated heterocycles. The molecule has 1 atom stereocenters. The molecule has 27 heavy (non-hydrogen) atoms. The summed E-state index contributed by atoms with van der Waals surface area (Å²) >= 11 is 12.1. The summed E-state index contributed by atoms with van der Waals surface area (Å²) in [4.78, 5) is 14.4. The fourth-order valence-corrected chi connectivity index (χ4v) is 3.46. The number of rotatable bonds is 4. The van der Waals surface area contributed by atoms with Gasteiger partial charge >= 0.3 is 0 Å². The van der Waals surface area contributed by atoms with E-state index in [0.29, 0.717) is 34.6 Å². The van der Waals surface area contributed by atoms with Gasteiger partial charge in [0.1, 0.15) is 6.61 Å². The normalized spacial score (nSPS) is 18.7. The van der Waals surface area contributed by atoms with Crippen LogP contribution in [0.25, 0.3) is 0 Å². The maximum absolute atomic E-state index is 12.7. The molecular weight excluding hydrogens is 413 g/mol. The topological polar surface area (TPSA) is 81.6 Å². The molecule has 6 nitrogen and oxygen atoms in total. The van der Waals surface area contributed by atoms with Gasteiger partial charge in [-0.2, -0.15) is 0 Å². The molecule has 1 aliphatic heterocycles. The summed E-state index contributed by atoms with van der Waals surface area (Å²) in [6.07, 6.45) is 0.761. The van der Waals surface area contributed by atoms with Crippen LogP contribution < -0.4 is 10.5 Å². The summed E-state index contributed by atoms with van der Waals surface area (Å²) in [6, 6.07) is 6.75. The van der Waals surface area contributed by atoms with Crippen LogP contribution in [0, 0.1) is 5.41 Å². The third-order valence-electron chi connectivity index (χ3n) is 4.66.